The Morgan fingerprint density at radius 3 is 2.78 bits per heavy atom. The zero-order chi connectivity index (χ0) is 34.7. The van der Waals surface area contributed by atoms with Crippen molar-refractivity contribution in [2.75, 3.05) is 5.75 Å². The molecular formula is C37H47N6O5S+. The van der Waals surface area contributed by atoms with E-state index in [2.05, 4.69) is 36.1 Å². The maximum atomic E-state index is 13.6. The summed E-state index contributed by atoms with van der Waals surface area (Å²) in [5.74, 6) is 3.10. The van der Waals surface area contributed by atoms with E-state index in [4.69, 9.17) is 9.47 Å². The van der Waals surface area contributed by atoms with E-state index in [1.807, 2.05) is 58.3 Å². The third-order valence-corrected chi connectivity index (χ3v) is 12.1. The van der Waals surface area contributed by atoms with Crippen molar-refractivity contribution in [3.63, 3.8) is 0 Å². The number of azide groups is 1. The van der Waals surface area contributed by atoms with Crippen LogP contribution in [-0.2, 0) is 32.7 Å². The maximum absolute atomic E-state index is 13.6. The molecule has 3 heterocycles. The predicted octanol–water partition coefficient (Wildman–Crippen LogP) is 7.16. The molecule has 6 rings (SSSR count). The quantitative estimate of drug-likeness (QED) is 0.0408. The van der Waals surface area contributed by atoms with E-state index in [1.54, 1.807) is 12.1 Å². The highest BCUT2D eigenvalue weighted by molar-refractivity contribution is 8.00. The summed E-state index contributed by atoms with van der Waals surface area (Å²) in [6, 6.07) is 13.3. The van der Waals surface area contributed by atoms with Gasteiger partial charge >= 0.3 is 11.9 Å². The fourth-order valence-electron chi connectivity index (χ4n) is 8.04. The summed E-state index contributed by atoms with van der Waals surface area (Å²) >= 11 is 1.91. The summed E-state index contributed by atoms with van der Waals surface area (Å²) < 4.78 is 15.8. The number of unbranched alkanes of at least 4 members (excludes halogenated alkanes) is 1. The highest BCUT2D eigenvalue weighted by atomic mass is 32.2. The molecule has 0 bridgehead atoms. The van der Waals surface area contributed by atoms with Crippen molar-refractivity contribution >= 4 is 46.3 Å². The van der Waals surface area contributed by atoms with Crippen LogP contribution in [0.3, 0.4) is 0 Å². The van der Waals surface area contributed by atoms with E-state index in [9.17, 15) is 19.9 Å². The zero-order valence-corrected chi connectivity index (χ0v) is 29.7. The molecule has 12 heteroatoms. The molecule has 49 heavy (non-hydrogen) atoms. The van der Waals surface area contributed by atoms with Crippen molar-refractivity contribution in [1.82, 2.24) is 9.88 Å². The van der Waals surface area contributed by atoms with Gasteiger partial charge in [0.15, 0.2) is 17.6 Å². The van der Waals surface area contributed by atoms with Crippen LogP contribution in [0.2, 0.25) is 0 Å². The minimum Gasteiger partial charge on any atom is -0.459 e. The molecular weight excluding hydrogens is 641 g/mol. The Balaban J connectivity index is 1.16. The Hall–Kier alpha value is -4.02. The van der Waals surface area contributed by atoms with E-state index in [0.717, 1.165) is 54.7 Å². The van der Waals surface area contributed by atoms with Gasteiger partial charge in [0.05, 0.1) is 18.3 Å². The van der Waals surface area contributed by atoms with Gasteiger partial charge < -0.3 is 14.8 Å². The number of aryl methyl sites for hydroxylation is 1. The Kier molecular flexibility index (Phi) is 10.8. The number of carbonyl (C=O) groups excluding carboxylic acids is 3. The van der Waals surface area contributed by atoms with E-state index < -0.39 is 5.97 Å². The second-order valence-electron chi connectivity index (χ2n) is 14.3. The van der Waals surface area contributed by atoms with Crippen LogP contribution >= 0.6 is 11.8 Å². The van der Waals surface area contributed by atoms with E-state index in [1.165, 1.54) is 0 Å². The fraction of sp³-hybridized carbons (Fsp3) is 0.568. The van der Waals surface area contributed by atoms with Gasteiger partial charge in [0, 0.05) is 29.0 Å². The molecule has 0 radical (unpaired) electrons. The molecule has 1 saturated carbocycles. The lowest BCUT2D eigenvalue weighted by molar-refractivity contribution is -0.634. The van der Waals surface area contributed by atoms with Crippen LogP contribution in [0.25, 0.3) is 32.9 Å². The standard InChI is InChI=1S/C37H46N6O5S/c1-22(2)26-15-13-23(3)17-31(26)48-35(46)20-43-29-10-6-5-9-28(29)42(4)37(43)24-14-16-30(27(18-24)40-41-38)47-34(45)12-8-7-11-32-36-25(21-49-32)19-33(44)39-36/h5-6,9-10,14,16,18,22-23,25-26,31-32,36H,7-8,11-13,15,17,19-21H2,1-4H3/p+1/t23-,25-,26+,31?,32?,36-/m1/s1. The molecule has 2 saturated heterocycles. The molecule has 0 spiro atoms. The van der Waals surface area contributed by atoms with Crippen molar-refractivity contribution in [2.24, 2.45) is 35.8 Å². The average molecular weight is 688 g/mol. The number of carbonyl (C=O) groups is 3. The lowest BCUT2D eigenvalue weighted by atomic mass is 9.75. The van der Waals surface area contributed by atoms with Crippen molar-refractivity contribution < 1.29 is 28.4 Å². The number of hydrogen-bond acceptors (Lipinski definition) is 7. The Labute approximate surface area is 291 Å². The number of nitrogens with one attached hydrogen (secondary N) is 1. The maximum Gasteiger partial charge on any atom is 0.348 e. The van der Waals surface area contributed by atoms with Crippen molar-refractivity contribution in [3.05, 3.63) is 52.9 Å². The number of para-hydroxylation sites is 2. The highest BCUT2D eigenvalue weighted by Crippen LogP contribution is 2.40. The normalized spacial score (nSPS) is 24.8. The molecule has 11 nitrogen and oxygen atoms in total. The number of hydrogen-bond donors (Lipinski definition) is 1. The number of benzene rings is 2. The monoisotopic (exact) mass is 687 g/mol. The molecule has 1 aromatic heterocycles. The van der Waals surface area contributed by atoms with E-state index >= 15 is 0 Å². The van der Waals surface area contributed by atoms with Gasteiger partial charge in [-0.15, -0.1) is 0 Å². The molecule has 2 aromatic carbocycles. The lowest BCUT2D eigenvalue weighted by Gasteiger charge is -2.36. The lowest BCUT2D eigenvalue weighted by Crippen LogP contribution is -2.37. The van der Waals surface area contributed by atoms with Crippen LogP contribution in [-0.4, -0.2) is 45.6 Å². The van der Waals surface area contributed by atoms with Gasteiger partial charge in [0.1, 0.15) is 11.9 Å². The minimum atomic E-state index is -0.396. The van der Waals surface area contributed by atoms with Gasteiger partial charge in [0.25, 0.3) is 5.82 Å². The third kappa shape index (κ3) is 7.75. The number of fused-ring (bicyclic) bond motifs is 2. The second kappa shape index (κ2) is 15.3. The van der Waals surface area contributed by atoms with Gasteiger partial charge in [-0.25, -0.2) is 13.9 Å². The van der Waals surface area contributed by atoms with Crippen LogP contribution in [0.1, 0.15) is 72.1 Å². The average Bonchev–Trinajstić information content (AvgIpc) is 3.71. The second-order valence-corrected chi connectivity index (χ2v) is 15.6. The first-order valence-corrected chi connectivity index (χ1v) is 18.7. The first-order valence-electron chi connectivity index (χ1n) is 17.6. The zero-order valence-electron chi connectivity index (χ0n) is 28.8. The van der Waals surface area contributed by atoms with Crippen LogP contribution in [0, 0.1) is 23.7 Å². The molecule has 2 unspecified atom stereocenters. The first-order chi connectivity index (χ1) is 23.6. The van der Waals surface area contributed by atoms with Gasteiger partial charge in [-0.1, -0.05) is 50.9 Å². The van der Waals surface area contributed by atoms with Crippen LogP contribution in [0.5, 0.6) is 5.75 Å². The number of amides is 1. The van der Waals surface area contributed by atoms with Gasteiger partial charge in [-0.2, -0.15) is 11.8 Å². The number of thioether (sulfide) groups is 1. The third-order valence-electron chi connectivity index (χ3n) is 10.6. The smallest absolute Gasteiger partial charge is 0.348 e. The predicted molar refractivity (Wildman–Crippen MR) is 189 cm³/mol. The van der Waals surface area contributed by atoms with Crippen LogP contribution in [0.15, 0.2) is 47.6 Å². The van der Waals surface area contributed by atoms with Crippen molar-refractivity contribution in [1.29, 1.82) is 0 Å². The largest absolute Gasteiger partial charge is 0.459 e. The number of esters is 2. The van der Waals surface area contributed by atoms with Crippen LogP contribution in [0.4, 0.5) is 5.69 Å². The Bertz CT molecular complexity index is 1770. The number of ether oxygens (including phenoxy) is 2. The Morgan fingerprint density at radius 1 is 1.16 bits per heavy atom. The summed E-state index contributed by atoms with van der Waals surface area (Å²) in [6.45, 7) is 6.64. The molecule has 1 aliphatic carbocycles. The Morgan fingerprint density at radius 2 is 1.98 bits per heavy atom. The SMILES string of the molecule is CC(C)[C@@H]1CC[C@@H](C)CC1OC(=O)Cn1c(-c2ccc(OC(=O)CCCCC3SC[C@H]4CC(=O)N[C@@H]34)c(N=[N+]=[N-])c2)[n+](C)c2ccccc21. The first kappa shape index (κ1) is 34.8. The fourth-order valence-corrected chi connectivity index (χ4v) is 9.69. The molecule has 1 amide bonds. The molecule has 3 fully saturated rings. The molecule has 6 atom stereocenters. The number of rotatable bonds is 12. The van der Waals surface area contributed by atoms with Crippen molar-refractivity contribution in [3.8, 4) is 17.1 Å². The van der Waals surface area contributed by atoms with Gasteiger partial charge in [0.2, 0.25) is 5.91 Å². The topological polar surface area (TPSA) is 139 Å². The molecule has 3 aliphatic rings. The van der Waals surface area contributed by atoms with Crippen LogP contribution < -0.4 is 14.6 Å². The summed E-state index contributed by atoms with van der Waals surface area (Å²) in [6.07, 6.45) is 6.30. The minimum absolute atomic E-state index is 0.0209. The summed E-state index contributed by atoms with van der Waals surface area (Å²) in [5, 5.41) is 7.37. The highest BCUT2D eigenvalue weighted by Gasteiger charge is 2.42. The number of aromatic nitrogens is 2. The molecule has 260 valence electrons. The molecule has 2 aliphatic heterocycles. The summed E-state index contributed by atoms with van der Waals surface area (Å²) in [5.41, 5.74) is 12.1. The summed E-state index contributed by atoms with van der Waals surface area (Å²) in [4.78, 5) is 41.2. The molecule has 1 N–H and O–H groups in total. The van der Waals surface area contributed by atoms with Gasteiger partial charge in [-0.3, -0.25) is 9.59 Å². The van der Waals surface area contributed by atoms with E-state index in [0.29, 0.717) is 47.3 Å². The number of imidazole rings is 1. The van der Waals surface area contributed by atoms with E-state index in [-0.39, 0.29) is 48.4 Å². The number of nitrogens with zero attached hydrogens (tertiary/aromatic N) is 5. The molecule has 3 aromatic rings. The van der Waals surface area contributed by atoms with Gasteiger partial charge in [-0.05, 0) is 91.0 Å². The summed E-state index contributed by atoms with van der Waals surface area (Å²) in [7, 11) is 1.93. The van der Waals surface area contributed by atoms with Crippen molar-refractivity contribution in [2.45, 2.75) is 96.1 Å².